The molecule has 1 aromatic heterocycles. The monoisotopic (exact) mass is 291 g/mol. The van der Waals surface area contributed by atoms with E-state index in [1.165, 1.54) is 11.3 Å². The molecule has 2 rings (SSSR count). The zero-order chi connectivity index (χ0) is 14.7. The van der Waals surface area contributed by atoms with Crippen molar-refractivity contribution >= 4 is 22.3 Å². The van der Waals surface area contributed by atoms with Crippen LogP contribution in [0, 0.1) is 6.92 Å². The number of methoxy groups -OCH3 is 1. The summed E-state index contributed by atoms with van der Waals surface area (Å²) in [7, 11) is 1.60. The highest BCUT2D eigenvalue weighted by Gasteiger charge is 2.21. The lowest BCUT2D eigenvalue weighted by molar-refractivity contribution is 0.0528. The number of carbonyl (C=O) groups excluding carboxylic acids is 1. The van der Waals surface area contributed by atoms with Gasteiger partial charge < -0.3 is 15.2 Å². The number of benzene rings is 1. The quantitative estimate of drug-likeness (QED) is 0.876. The summed E-state index contributed by atoms with van der Waals surface area (Å²) in [5.41, 5.74) is 9.09. The maximum atomic E-state index is 12.0. The Morgan fingerprint density at radius 1 is 1.40 bits per heavy atom. The first-order chi connectivity index (χ1) is 9.58. The lowest BCUT2D eigenvalue weighted by Crippen LogP contribution is -2.05. The minimum atomic E-state index is -0.362. The highest BCUT2D eigenvalue weighted by Crippen LogP contribution is 2.40. The van der Waals surface area contributed by atoms with Gasteiger partial charge in [-0.15, -0.1) is 11.3 Å². The molecule has 2 aromatic rings. The molecule has 0 radical (unpaired) electrons. The van der Waals surface area contributed by atoms with Crippen molar-refractivity contribution in [3.8, 4) is 16.9 Å². The summed E-state index contributed by atoms with van der Waals surface area (Å²) in [6, 6.07) is 5.78. The smallest absolute Gasteiger partial charge is 0.339 e. The highest BCUT2D eigenvalue weighted by molar-refractivity contribution is 7.15. The van der Waals surface area contributed by atoms with Gasteiger partial charge in [0.05, 0.1) is 24.3 Å². The fourth-order valence-electron chi connectivity index (χ4n) is 2.03. The van der Waals surface area contributed by atoms with Crippen LogP contribution in [0.2, 0.25) is 0 Å². The Hall–Kier alpha value is -2.01. The van der Waals surface area contributed by atoms with Crippen LogP contribution in [0.4, 0.5) is 5.00 Å². The van der Waals surface area contributed by atoms with E-state index in [0.29, 0.717) is 28.5 Å². The van der Waals surface area contributed by atoms with Gasteiger partial charge in [-0.3, -0.25) is 0 Å². The fourth-order valence-corrected chi connectivity index (χ4v) is 2.82. The molecule has 4 nitrogen and oxygen atoms in total. The zero-order valence-corrected chi connectivity index (χ0v) is 12.5. The van der Waals surface area contributed by atoms with Crippen LogP contribution in [0.5, 0.6) is 5.75 Å². The lowest BCUT2D eigenvalue weighted by atomic mass is 10.0. The number of hydrogen-bond donors (Lipinski definition) is 1. The maximum Gasteiger partial charge on any atom is 0.339 e. The van der Waals surface area contributed by atoms with E-state index in [9.17, 15) is 4.79 Å². The molecule has 0 atom stereocenters. The fraction of sp³-hybridized carbons (Fsp3) is 0.267. The molecule has 1 aromatic carbocycles. The molecule has 0 spiro atoms. The Bertz CT molecular complexity index is 634. The molecule has 0 aliphatic rings. The molecule has 0 aliphatic carbocycles. The number of ether oxygens (including phenoxy) is 2. The van der Waals surface area contributed by atoms with E-state index < -0.39 is 0 Å². The van der Waals surface area contributed by atoms with Crippen molar-refractivity contribution < 1.29 is 14.3 Å². The van der Waals surface area contributed by atoms with Gasteiger partial charge in [0.2, 0.25) is 0 Å². The average molecular weight is 291 g/mol. The predicted octanol–water partition coefficient (Wildman–Crippen LogP) is 3.49. The second-order valence-corrected chi connectivity index (χ2v) is 5.22. The van der Waals surface area contributed by atoms with E-state index >= 15 is 0 Å². The minimum Gasteiger partial charge on any atom is -0.496 e. The highest BCUT2D eigenvalue weighted by atomic mass is 32.1. The van der Waals surface area contributed by atoms with Crippen LogP contribution in [0.15, 0.2) is 23.6 Å². The SMILES string of the molecule is CCOC(=O)c1csc(N)c1-c1cc(C)ccc1OC. The first-order valence-corrected chi connectivity index (χ1v) is 7.15. The summed E-state index contributed by atoms with van der Waals surface area (Å²) >= 11 is 1.33. The summed E-state index contributed by atoms with van der Waals surface area (Å²) < 4.78 is 10.4. The van der Waals surface area contributed by atoms with Gasteiger partial charge in [0.1, 0.15) is 5.75 Å². The van der Waals surface area contributed by atoms with Crippen molar-refractivity contribution in [3.05, 3.63) is 34.7 Å². The Balaban J connectivity index is 2.60. The second-order valence-electron chi connectivity index (χ2n) is 4.31. The first kappa shape index (κ1) is 14.4. The van der Waals surface area contributed by atoms with Crippen LogP contribution in [-0.4, -0.2) is 19.7 Å². The number of nitrogen functional groups attached to an aromatic ring is 1. The number of rotatable bonds is 4. The van der Waals surface area contributed by atoms with Crippen molar-refractivity contribution in [3.63, 3.8) is 0 Å². The van der Waals surface area contributed by atoms with Crippen LogP contribution < -0.4 is 10.5 Å². The summed E-state index contributed by atoms with van der Waals surface area (Å²) in [6.45, 7) is 4.09. The number of nitrogens with two attached hydrogens (primary N) is 1. The molecule has 106 valence electrons. The van der Waals surface area contributed by atoms with Crippen LogP contribution in [-0.2, 0) is 4.74 Å². The molecule has 5 heteroatoms. The third kappa shape index (κ3) is 2.63. The van der Waals surface area contributed by atoms with Crippen LogP contribution in [0.25, 0.3) is 11.1 Å². The van der Waals surface area contributed by atoms with E-state index in [2.05, 4.69) is 0 Å². The summed E-state index contributed by atoms with van der Waals surface area (Å²) in [6.07, 6.45) is 0. The number of anilines is 1. The maximum absolute atomic E-state index is 12.0. The van der Waals surface area contributed by atoms with Crippen LogP contribution in [0.1, 0.15) is 22.8 Å². The van der Waals surface area contributed by atoms with Crippen molar-refractivity contribution in [2.45, 2.75) is 13.8 Å². The minimum absolute atomic E-state index is 0.332. The molecule has 0 bridgehead atoms. The van der Waals surface area contributed by atoms with Gasteiger partial charge in [0.25, 0.3) is 0 Å². The van der Waals surface area contributed by atoms with E-state index in [1.54, 1.807) is 19.4 Å². The van der Waals surface area contributed by atoms with Gasteiger partial charge in [-0.05, 0) is 26.0 Å². The molecule has 2 N–H and O–H groups in total. The molecule has 0 saturated heterocycles. The number of esters is 1. The summed E-state index contributed by atoms with van der Waals surface area (Å²) in [4.78, 5) is 12.0. The third-order valence-corrected chi connectivity index (χ3v) is 3.75. The summed E-state index contributed by atoms with van der Waals surface area (Å²) in [5, 5.41) is 2.31. The van der Waals surface area contributed by atoms with Crippen molar-refractivity contribution in [2.75, 3.05) is 19.5 Å². The molecular formula is C15H17NO3S. The predicted molar refractivity (Wildman–Crippen MR) is 81.4 cm³/mol. The van der Waals surface area contributed by atoms with Gasteiger partial charge in [0.15, 0.2) is 0 Å². The van der Waals surface area contributed by atoms with Gasteiger partial charge in [-0.2, -0.15) is 0 Å². The third-order valence-electron chi connectivity index (χ3n) is 2.94. The van der Waals surface area contributed by atoms with E-state index in [0.717, 1.165) is 11.1 Å². The van der Waals surface area contributed by atoms with Crippen molar-refractivity contribution in [2.24, 2.45) is 0 Å². The van der Waals surface area contributed by atoms with Crippen molar-refractivity contribution in [1.29, 1.82) is 0 Å². The molecule has 0 saturated carbocycles. The van der Waals surface area contributed by atoms with Gasteiger partial charge in [-0.25, -0.2) is 4.79 Å². The van der Waals surface area contributed by atoms with E-state index in [-0.39, 0.29) is 5.97 Å². The molecule has 20 heavy (non-hydrogen) atoms. The lowest BCUT2D eigenvalue weighted by Gasteiger charge is -2.11. The van der Waals surface area contributed by atoms with E-state index in [1.807, 2.05) is 25.1 Å². The van der Waals surface area contributed by atoms with Crippen molar-refractivity contribution in [1.82, 2.24) is 0 Å². The standard InChI is InChI=1S/C15H17NO3S/c1-4-19-15(17)11-8-20-14(16)13(11)10-7-9(2)5-6-12(10)18-3/h5-8H,4,16H2,1-3H3. The van der Waals surface area contributed by atoms with Crippen LogP contribution in [0.3, 0.4) is 0 Å². The first-order valence-electron chi connectivity index (χ1n) is 6.27. The van der Waals surface area contributed by atoms with Gasteiger partial charge in [0, 0.05) is 16.5 Å². The molecule has 0 amide bonds. The summed E-state index contributed by atoms with van der Waals surface area (Å²) in [5.74, 6) is 0.324. The molecule has 0 fully saturated rings. The molecule has 1 heterocycles. The Labute approximate surface area is 122 Å². The molecule has 0 unspecified atom stereocenters. The number of thiophene rings is 1. The van der Waals surface area contributed by atoms with Gasteiger partial charge >= 0.3 is 5.97 Å². The number of carbonyl (C=O) groups is 1. The Morgan fingerprint density at radius 3 is 2.80 bits per heavy atom. The molecule has 0 aliphatic heterocycles. The normalized spacial score (nSPS) is 10.3. The second kappa shape index (κ2) is 5.96. The van der Waals surface area contributed by atoms with Gasteiger partial charge in [-0.1, -0.05) is 11.6 Å². The number of hydrogen-bond acceptors (Lipinski definition) is 5. The molecular weight excluding hydrogens is 274 g/mol. The van der Waals surface area contributed by atoms with Crippen LogP contribution >= 0.6 is 11.3 Å². The topological polar surface area (TPSA) is 61.5 Å². The van der Waals surface area contributed by atoms with E-state index in [4.69, 9.17) is 15.2 Å². The Morgan fingerprint density at radius 2 is 2.15 bits per heavy atom. The number of aryl methyl sites for hydroxylation is 1. The average Bonchev–Trinajstić information content (AvgIpc) is 2.80. The Kier molecular flexibility index (Phi) is 4.29. The zero-order valence-electron chi connectivity index (χ0n) is 11.7. The largest absolute Gasteiger partial charge is 0.496 e.